The average Bonchev–Trinajstić information content (AvgIpc) is 3.19. The second kappa shape index (κ2) is 9.75. The van der Waals surface area contributed by atoms with E-state index in [2.05, 4.69) is 15.4 Å². The summed E-state index contributed by atoms with van der Waals surface area (Å²) in [6.45, 7) is 2.02. The van der Waals surface area contributed by atoms with E-state index in [0.29, 0.717) is 37.8 Å². The number of fused-ring (bicyclic) bond motifs is 1. The number of hydrazone groups is 1. The Morgan fingerprint density at radius 3 is 2.43 bits per heavy atom. The molecule has 1 N–H and O–H groups in total. The lowest BCUT2D eigenvalue weighted by molar-refractivity contribution is -0.115. The summed E-state index contributed by atoms with van der Waals surface area (Å²) in [5.41, 5.74) is -0.0328. The third-order valence-corrected chi connectivity index (χ3v) is 8.59. The Hall–Kier alpha value is -2.69. The fourth-order valence-corrected chi connectivity index (χ4v) is 6.51. The van der Waals surface area contributed by atoms with Crippen molar-refractivity contribution >= 4 is 34.4 Å². The molecule has 3 aliphatic rings. The molecule has 2 aliphatic heterocycles. The van der Waals surface area contributed by atoms with E-state index in [0.717, 1.165) is 30.5 Å². The third kappa shape index (κ3) is 4.62. The molecule has 11 heteroatoms. The lowest BCUT2D eigenvalue weighted by Gasteiger charge is -2.31. The number of thioether (sulfide) groups is 1. The van der Waals surface area contributed by atoms with Crippen LogP contribution in [-0.2, 0) is 4.79 Å². The first-order chi connectivity index (χ1) is 16.8. The Morgan fingerprint density at radius 1 is 1.09 bits per heavy atom. The maximum absolute atomic E-state index is 14.1. The van der Waals surface area contributed by atoms with Crippen molar-refractivity contribution in [2.75, 3.05) is 18.6 Å². The number of halogens is 1. The van der Waals surface area contributed by atoms with Crippen molar-refractivity contribution in [3.05, 3.63) is 38.9 Å². The number of hydrogen-bond acceptors (Lipinski definition) is 7. The molecule has 9 nitrogen and oxygen atoms in total. The molecule has 0 radical (unpaired) electrons. The first-order valence-electron chi connectivity index (χ1n) is 12.3. The Bertz CT molecular complexity index is 1280. The second-order valence-electron chi connectivity index (χ2n) is 9.85. The molecule has 1 atom stereocenters. The number of carbonyl (C=O) groups is 1. The van der Waals surface area contributed by atoms with Gasteiger partial charge in [0.05, 0.1) is 11.6 Å². The molecule has 1 saturated heterocycles. The summed E-state index contributed by atoms with van der Waals surface area (Å²) in [4.78, 5) is 43.9. The quantitative estimate of drug-likeness (QED) is 0.689. The molecular weight excluding hydrogens is 471 g/mol. The predicted octanol–water partition coefficient (Wildman–Crippen LogP) is 2.45. The molecule has 1 unspecified atom stereocenters. The van der Waals surface area contributed by atoms with Crippen LogP contribution in [0.1, 0.15) is 64.0 Å². The normalized spacial score (nSPS) is 25.6. The van der Waals surface area contributed by atoms with Gasteiger partial charge in [-0.2, -0.15) is 16.9 Å². The van der Waals surface area contributed by atoms with Crippen LogP contribution in [0.5, 0.6) is 0 Å². The van der Waals surface area contributed by atoms with Gasteiger partial charge in [-0.15, -0.1) is 0 Å². The van der Waals surface area contributed by atoms with Gasteiger partial charge >= 0.3 is 5.69 Å². The first-order valence-corrected chi connectivity index (χ1v) is 13.5. The van der Waals surface area contributed by atoms with Gasteiger partial charge in [0.15, 0.2) is 0 Å². The number of nitrogens with zero attached hydrogens (tertiary/aromatic N) is 5. The van der Waals surface area contributed by atoms with Crippen LogP contribution in [0, 0.1) is 5.82 Å². The average molecular weight is 503 g/mol. The minimum atomic E-state index is -0.591. The van der Waals surface area contributed by atoms with Gasteiger partial charge in [-0.3, -0.25) is 23.7 Å². The lowest BCUT2D eigenvalue weighted by atomic mass is 9.90. The van der Waals surface area contributed by atoms with Crippen molar-refractivity contribution in [3.8, 4) is 0 Å². The van der Waals surface area contributed by atoms with Gasteiger partial charge in [0.2, 0.25) is 0 Å². The van der Waals surface area contributed by atoms with Gasteiger partial charge in [0.25, 0.3) is 11.5 Å². The molecular formula is C24H31FN6O3S. The minimum Gasteiger partial charge on any atom is -0.348 e. The number of nitrogens with one attached hydrogen (secondary N) is 1. The fourth-order valence-electron chi connectivity index (χ4n) is 5.43. The summed E-state index contributed by atoms with van der Waals surface area (Å²) >= 11 is 1.85. The number of aromatic nitrogens is 3. The van der Waals surface area contributed by atoms with Crippen LogP contribution in [0.3, 0.4) is 0 Å². The number of rotatable bonds is 4. The van der Waals surface area contributed by atoms with Crippen molar-refractivity contribution in [1.29, 1.82) is 0 Å². The summed E-state index contributed by atoms with van der Waals surface area (Å²) in [6, 6.07) is 1.02. The smallest absolute Gasteiger partial charge is 0.333 e. The monoisotopic (exact) mass is 502 g/mol. The summed E-state index contributed by atoms with van der Waals surface area (Å²) in [7, 11) is 1.86. The number of pyridine rings is 1. The molecule has 4 heterocycles. The summed E-state index contributed by atoms with van der Waals surface area (Å²) in [5.74, 6) is 1.13. The van der Waals surface area contributed by atoms with Crippen LogP contribution >= 0.6 is 11.8 Å². The van der Waals surface area contributed by atoms with Crippen molar-refractivity contribution in [2.24, 2.45) is 5.10 Å². The molecule has 5 rings (SSSR count). The van der Waals surface area contributed by atoms with Gasteiger partial charge in [0, 0.05) is 37.6 Å². The largest absolute Gasteiger partial charge is 0.348 e. The van der Waals surface area contributed by atoms with Gasteiger partial charge in [-0.1, -0.05) is 0 Å². The van der Waals surface area contributed by atoms with Gasteiger partial charge in [0.1, 0.15) is 17.2 Å². The first kappa shape index (κ1) is 24.0. The molecule has 2 fully saturated rings. The molecule has 188 valence electrons. The van der Waals surface area contributed by atoms with Crippen molar-refractivity contribution in [1.82, 2.24) is 24.4 Å². The fraction of sp³-hybridized carbons (Fsp3) is 0.625. The van der Waals surface area contributed by atoms with Crippen LogP contribution in [0.25, 0.3) is 11.0 Å². The minimum absolute atomic E-state index is 0.0319. The van der Waals surface area contributed by atoms with Crippen molar-refractivity contribution in [2.45, 2.75) is 76.0 Å². The molecule has 35 heavy (non-hydrogen) atoms. The van der Waals surface area contributed by atoms with Crippen molar-refractivity contribution in [3.63, 3.8) is 0 Å². The van der Waals surface area contributed by atoms with Crippen LogP contribution in [0.2, 0.25) is 0 Å². The highest BCUT2D eigenvalue weighted by Crippen LogP contribution is 2.30. The predicted molar refractivity (Wildman–Crippen MR) is 135 cm³/mol. The Morgan fingerprint density at radius 2 is 1.77 bits per heavy atom. The highest BCUT2D eigenvalue weighted by atomic mass is 32.2. The number of hydrogen-bond donors (Lipinski definition) is 1. The Balaban J connectivity index is 1.39. The van der Waals surface area contributed by atoms with Crippen LogP contribution in [0.15, 0.2) is 27.0 Å². The highest BCUT2D eigenvalue weighted by Gasteiger charge is 2.31. The molecule has 1 saturated carbocycles. The number of carbonyl (C=O) groups excluding carboxylic acids is 1. The third-order valence-electron chi connectivity index (χ3n) is 7.54. The topological polar surface area (TPSA) is 102 Å². The molecule has 1 aliphatic carbocycles. The molecule has 1 amide bonds. The zero-order valence-corrected chi connectivity index (χ0v) is 20.9. The maximum Gasteiger partial charge on any atom is 0.333 e. The highest BCUT2D eigenvalue weighted by molar-refractivity contribution is 7.99. The van der Waals surface area contributed by atoms with E-state index in [1.165, 1.54) is 10.6 Å². The maximum atomic E-state index is 14.1. The van der Waals surface area contributed by atoms with E-state index in [1.807, 2.05) is 25.7 Å². The second-order valence-corrected chi connectivity index (χ2v) is 11.1. The SMILES string of the molecule is CC1CC(C(=O)N[C@H]2CC[C@@H](n3c(=O)c4cc(F)cnc4n(C4CCSCC4)c3=O)CC2)=NN1C. The van der Waals surface area contributed by atoms with Gasteiger partial charge in [-0.25, -0.2) is 14.2 Å². The zero-order chi connectivity index (χ0) is 24.7. The number of amides is 1. The Labute approximate surface area is 206 Å². The van der Waals surface area contributed by atoms with E-state index in [9.17, 15) is 18.8 Å². The molecule has 2 aromatic heterocycles. The van der Waals surface area contributed by atoms with Gasteiger partial charge in [-0.05, 0) is 63.0 Å². The standard InChI is InChI=1S/C24H31FN6O3S/c1-14-11-20(28-29(14)2)22(32)27-16-3-5-17(6-4-16)31-23(33)19-12-15(25)13-26-21(19)30(24(31)34)18-7-9-35-10-8-18/h12-14,16-18H,3-11H2,1-2H3,(H,27,32)/t14?,16-,17+. The van der Waals surface area contributed by atoms with E-state index in [1.54, 1.807) is 9.58 Å². The van der Waals surface area contributed by atoms with Crippen LogP contribution in [-0.4, -0.2) is 61.4 Å². The van der Waals surface area contributed by atoms with E-state index in [-0.39, 0.29) is 46.8 Å². The van der Waals surface area contributed by atoms with Crippen LogP contribution in [0.4, 0.5) is 4.39 Å². The van der Waals surface area contributed by atoms with E-state index < -0.39 is 11.4 Å². The summed E-state index contributed by atoms with van der Waals surface area (Å²) < 4.78 is 17.0. The lowest BCUT2D eigenvalue weighted by Crippen LogP contribution is -2.47. The summed E-state index contributed by atoms with van der Waals surface area (Å²) in [5, 5.41) is 9.34. The zero-order valence-electron chi connectivity index (χ0n) is 20.1. The summed E-state index contributed by atoms with van der Waals surface area (Å²) in [6.07, 6.45) is 5.78. The Kier molecular flexibility index (Phi) is 6.69. The molecule has 0 aromatic carbocycles. The van der Waals surface area contributed by atoms with E-state index in [4.69, 9.17) is 0 Å². The van der Waals surface area contributed by atoms with Gasteiger partial charge < -0.3 is 5.32 Å². The molecule has 0 spiro atoms. The molecule has 0 bridgehead atoms. The van der Waals surface area contributed by atoms with Crippen molar-refractivity contribution < 1.29 is 9.18 Å². The van der Waals surface area contributed by atoms with Crippen LogP contribution < -0.4 is 16.6 Å². The van der Waals surface area contributed by atoms with E-state index >= 15 is 0 Å². The molecule has 2 aromatic rings.